The molecule has 0 unspecified atom stereocenters. The normalized spacial score (nSPS) is 11.9. The number of carbonyl (C=O) groups is 1. The second kappa shape index (κ2) is 8.26. The van der Waals surface area contributed by atoms with Gasteiger partial charge in [0, 0.05) is 30.9 Å². The second-order valence-corrected chi connectivity index (χ2v) is 5.11. The van der Waals surface area contributed by atoms with Gasteiger partial charge < -0.3 is 15.7 Å². The van der Waals surface area contributed by atoms with Gasteiger partial charge in [0.05, 0.1) is 5.69 Å². The summed E-state index contributed by atoms with van der Waals surface area (Å²) >= 11 is 5.77. The first-order valence-corrected chi connectivity index (χ1v) is 7.37. The third-order valence-electron chi connectivity index (χ3n) is 2.91. The molecule has 1 aliphatic rings. The second-order valence-electron chi connectivity index (χ2n) is 4.72. The van der Waals surface area contributed by atoms with Crippen LogP contribution in [0, 0.1) is 0 Å². The number of nitrogens with one attached hydrogen (secondary N) is 2. The number of hydrogen-bond donors (Lipinski definition) is 3. The van der Waals surface area contributed by atoms with E-state index < -0.39 is 0 Å². The molecule has 0 atom stereocenters. The molecule has 2 aromatic heterocycles. The van der Waals surface area contributed by atoms with Gasteiger partial charge in [-0.05, 0) is 43.2 Å². The molecule has 1 saturated carbocycles. The fourth-order valence-electron chi connectivity index (χ4n) is 1.80. The molecule has 0 aliphatic heterocycles. The zero-order valence-corrected chi connectivity index (χ0v) is 13.3. The maximum atomic E-state index is 11.9. The fraction of sp³-hybridized carbons (Fsp3) is 0.188. The van der Waals surface area contributed by atoms with Crippen LogP contribution in [0.2, 0.25) is 5.15 Å². The lowest BCUT2D eigenvalue weighted by Gasteiger charge is -2.08. The molecule has 1 aliphatic carbocycles. The Bertz CT molecular complexity index is 713. The van der Waals surface area contributed by atoms with Crippen LogP contribution in [-0.4, -0.2) is 28.2 Å². The van der Waals surface area contributed by atoms with E-state index in [1.165, 1.54) is 11.8 Å². The maximum Gasteiger partial charge on any atom is 0.323 e. The van der Waals surface area contributed by atoms with E-state index >= 15 is 0 Å². The molecule has 0 radical (unpaired) electrons. The molecule has 7 heteroatoms. The summed E-state index contributed by atoms with van der Waals surface area (Å²) in [5.74, 6) is 0. The number of aliphatic hydroxyl groups is 1. The van der Waals surface area contributed by atoms with Crippen LogP contribution < -0.4 is 10.6 Å². The van der Waals surface area contributed by atoms with Crippen LogP contribution in [0.15, 0.2) is 42.2 Å². The predicted octanol–water partition coefficient (Wildman–Crippen LogP) is 3.56. The van der Waals surface area contributed by atoms with Crippen molar-refractivity contribution in [2.24, 2.45) is 0 Å². The van der Waals surface area contributed by atoms with E-state index in [0.717, 1.165) is 25.6 Å². The van der Waals surface area contributed by atoms with Crippen LogP contribution in [0.4, 0.5) is 16.2 Å². The molecule has 2 aromatic rings. The number of allylic oxidation sites excluding steroid dienone is 1. The summed E-state index contributed by atoms with van der Waals surface area (Å²) in [5.41, 5.74) is 3.51. The van der Waals surface area contributed by atoms with Gasteiger partial charge in [-0.25, -0.2) is 9.78 Å². The molecule has 3 N–H and O–H groups in total. The van der Waals surface area contributed by atoms with Crippen molar-refractivity contribution in [3.63, 3.8) is 0 Å². The molecular formula is C16H17ClN4O2. The number of carbonyl (C=O) groups excluding carboxylic acids is 1. The number of pyridine rings is 2. The van der Waals surface area contributed by atoms with Gasteiger partial charge in [-0.3, -0.25) is 4.98 Å². The number of aliphatic hydroxyl groups excluding tert-OH is 1. The Balaban J connectivity index is 0.000000924. The van der Waals surface area contributed by atoms with Crippen LogP contribution in [0.5, 0.6) is 0 Å². The highest BCUT2D eigenvalue weighted by atomic mass is 35.5. The predicted molar refractivity (Wildman–Crippen MR) is 91.5 cm³/mol. The summed E-state index contributed by atoms with van der Waals surface area (Å²) in [7, 11) is 1.00. The molecule has 0 spiro atoms. The smallest absolute Gasteiger partial charge is 0.323 e. The number of halogens is 1. The van der Waals surface area contributed by atoms with Crippen molar-refractivity contribution in [1.29, 1.82) is 0 Å². The molecule has 3 rings (SSSR count). The van der Waals surface area contributed by atoms with Gasteiger partial charge in [-0.1, -0.05) is 17.2 Å². The number of urea groups is 1. The van der Waals surface area contributed by atoms with Crippen molar-refractivity contribution in [1.82, 2.24) is 9.97 Å². The topological polar surface area (TPSA) is 87.1 Å². The molecule has 2 amide bonds. The van der Waals surface area contributed by atoms with Gasteiger partial charge >= 0.3 is 6.03 Å². The highest BCUT2D eigenvalue weighted by Crippen LogP contribution is 2.29. The molecule has 0 bridgehead atoms. The summed E-state index contributed by atoms with van der Waals surface area (Å²) in [4.78, 5) is 20.0. The molecule has 6 nitrogen and oxygen atoms in total. The first kappa shape index (κ1) is 16.9. The summed E-state index contributed by atoms with van der Waals surface area (Å²) in [6.45, 7) is 0. The van der Waals surface area contributed by atoms with Gasteiger partial charge in [-0.2, -0.15) is 0 Å². The van der Waals surface area contributed by atoms with Crippen molar-refractivity contribution < 1.29 is 9.90 Å². The molecule has 2 heterocycles. The van der Waals surface area contributed by atoms with Gasteiger partial charge in [-0.15, -0.1) is 0 Å². The average Bonchev–Trinajstić information content (AvgIpc) is 3.33. The molecule has 120 valence electrons. The largest absolute Gasteiger partial charge is 0.400 e. The van der Waals surface area contributed by atoms with Gasteiger partial charge in [0.2, 0.25) is 0 Å². The van der Waals surface area contributed by atoms with Gasteiger partial charge in [0.1, 0.15) is 5.15 Å². The first-order chi connectivity index (χ1) is 11.2. The molecule has 1 fully saturated rings. The maximum absolute atomic E-state index is 11.9. The first-order valence-electron chi connectivity index (χ1n) is 6.99. The van der Waals surface area contributed by atoms with E-state index in [0.29, 0.717) is 16.5 Å². The lowest BCUT2D eigenvalue weighted by Crippen LogP contribution is -2.19. The van der Waals surface area contributed by atoms with E-state index in [1.54, 1.807) is 24.4 Å². The summed E-state index contributed by atoms with van der Waals surface area (Å²) in [6.07, 6.45) is 7.54. The van der Waals surface area contributed by atoms with Crippen LogP contribution in [0.25, 0.3) is 6.08 Å². The average molecular weight is 333 g/mol. The van der Waals surface area contributed by atoms with Gasteiger partial charge in [0.15, 0.2) is 0 Å². The van der Waals surface area contributed by atoms with Crippen molar-refractivity contribution >= 4 is 35.1 Å². The Morgan fingerprint density at radius 2 is 1.74 bits per heavy atom. The quantitative estimate of drug-likeness (QED) is 0.750. The fourth-order valence-corrected chi connectivity index (χ4v) is 1.98. The number of aromatic nitrogens is 2. The molecular weight excluding hydrogens is 316 g/mol. The highest BCUT2D eigenvalue weighted by molar-refractivity contribution is 6.29. The monoisotopic (exact) mass is 332 g/mol. The van der Waals surface area contributed by atoms with E-state index in [-0.39, 0.29) is 6.03 Å². The lowest BCUT2D eigenvalue weighted by molar-refractivity contribution is 0.262. The highest BCUT2D eigenvalue weighted by Gasteiger charge is 2.11. The molecule has 0 aromatic carbocycles. The van der Waals surface area contributed by atoms with Crippen molar-refractivity contribution in [3.05, 3.63) is 53.1 Å². The Labute approximate surface area is 139 Å². The van der Waals surface area contributed by atoms with E-state index in [2.05, 4.69) is 20.6 Å². The van der Waals surface area contributed by atoms with E-state index in [9.17, 15) is 4.79 Å². The van der Waals surface area contributed by atoms with Crippen molar-refractivity contribution in [2.75, 3.05) is 17.7 Å². The number of amides is 2. The Kier molecular flexibility index (Phi) is 6.08. The number of nitrogens with zero attached hydrogens (tertiary/aromatic N) is 2. The van der Waals surface area contributed by atoms with Crippen LogP contribution in [-0.2, 0) is 0 Å². The van der Waals surface area contributed by atoms with Crippen LogP contribution >= 0.6 is 11.6 Å². The third-order valence-corrected chi connectivity index (χ3v) is 3.12. The summed E-state index contributed by atoms with van der Waals surface area (Å²) in [5, 5.41) is 12.8. The Morgan fingerprint density at radius 3 is 2.35 bits per heavy atom. The number of hydrogen-bond acceptors (Lipinski definition) is 4. The SMILES string of the molecule is CO.O=C(Nc1ccnc(Cl)c1)Nc1ccnc(C=C2CC2)c1. The number of anilines is 2. The van der Waals surface area contributed by atoms with Gasteiger partial charge in [0.25, 0.3) is 0 Å². The molecule has 0 saturated heterocycles. The van der Waals surface area contributed by atoms with Crippen molar-refractivity contribution in [2.45, 2.75) is 12.8 Å². The summed E-state index contributed by atoms with van der Waals surface area (Å²) < 4.78 is 0. The van der Waals surface area contributed by atoms with E-state index in [4.69, 9.17) is 16.7 Å². The van der Waals surface area contributed by atoms with Crippen LogP contribution in [0.3, 0.4) is 0 Å². The number of rotatable bonds is 3. The lowest BCUT2D eigenvalue weighted by atomic mass is 10.3. The Morgan fingerprint density at radius 1 is 1.13 bits per heavy atom. The van der Waals surface area contributed by atoms with E-state index in [1.807, 2.05) is 12.1 Å². The minimum absolute atomic E-state index is 0.329. The standard InChI is InChI=1S/C15H13ClN4O.CH4O/c16-14-9-12(4-6-18-14)20-15(21)19-11-3-5-17-13(8-11)7-10-1-2-10;1-2/h3-9H,1-2H2,(H2,17,18,19,20,21);2H,1H3. The zero-order valence-electron chi connectivity index (χ0n) is 12.6. The minimum atomic E-state index is -0.339. The molecule has 23 heavy (non-hydrogen) atoms. The minimum Gasteiger partial charge on any atom is -0.400 e. The van der Waals surface area contributed by atoms with Crippen LogP contribution in [0.1, 0.15) is 18.5 Å². The zero-order chi connectivity index (χ0) is 16.7. The van der Waals surface area contributed by atoms with Crippen molar-refractivity contribution in [3.8, 4) is 0 Å². The summed E-state index contributed by atoms with van der Waals surface area (Å²) in [6, 6.07) is 6.49. The Hall–Kier alpha value is -2.44. The third kappa shape index (κ3) is 5.69.